The van der Waals surface area contributed by atoms with Gasteiger partial charge in [0.15, 0.2) is 0 Å². The molecule has 1 N–H and O–H groups in total. The van der Waals surface area contributed by atoms with Crippen LogP contribution < -0.4 is 4.72 Å². The molecule has 0 radical (unpaired) electrons. The molecule has 1 aliphatic rings. The first kappa shape index (κ1) is 8.72. The summed E-state index contributed by atoms with van der Waals surface area (Å²) in [5.41, 5.74) is 1.18. The highest BCUT2D eigenvalue weighted by molar-refractivity contribution is 7.90. The zero-order valence-electron chi connectivity index (χ0n) is 7.10. The molecule has 0 bridgehead atoms. The molecule has 1 saturated heterocycles. The standard InChI is InChI=1S/C9H11NO2S/c11-13(12)7-9(10-13)6-8-4-2-1-3-5-8/h1-5,9-10H,6-7H2/t9-/m0/s1. The van der Waals surface area contributed by atoms with Crippen LogP contribution in [0.15, 0.2) is 30.3 Å². The molecule has 1 atom stereocenters. The molecule has 0 spiro atoms. The fourth-order valence-electron chi connectivity index (χ4n) is 1.50. The monoisotopic (exact) mass is 197 g/mol. The van der Waals surface area contributed by atoms with E-state index in [0.29, 0.717) is 0 Å². The van der Waals surface area contributed by atoms with Gasteiger partial charge in [-0.2, -0.15) is 0 Å². The Kier molecular flexibility index (Phi) is 2.09. The van der Waals surface area contributed by atoms with Gasteiger partial charge in [-0.25, -0.2) is 13.1 Å². The molecule has 3 nitrogen and oxygen atoms in total. The molecule has 2 rings (SSSR count). The van der Waals surface area contributed by atoms with Gasteiger partial charge >= 0.3 is 0 Å². The summed E-state index contributed by atoms with van der Waals surface area (Å²) in [6.45, 7) is 0. The van der Waals surface area contributed by atoms with Crippen LogP contribution in [-0.4, -0.2) is 20.2 Å². The summed E-state index contributed by atoms with van der Waals surface area (Å²) >= 11 is 0. The topological polar surface area (TPSA) is 46.2 Å². The van der Waals surface area contributed by atoms with E-state index in [4.69, 9.17) is 0 Å². The van der Waals surface area contributed by atoms with Gasteiger partial charge in [0.05, 0.1) is 5.75 Å². The van der Waals surface area contributed by atoms with Crippen molar-refractivity contribution in [2.45, 2.75) is 12.5 Å². The minimum atomic E-state index is -2.90. The number of sulfonamides is 1. The normalized spacial score (nSPS) is 25.1. The number of nitrogens with one attached hydrogen (secondary N) is 1. The third-order valence-corrected chi connectivity index (χ3v) is 3.63. The van der Waals surface area contributed by atoms with Gasteiger partial charge in [-0.3, -0.25) is 0 Å². The van der Waals surface area contributed by atoms with E-state index in [2.05, 4.69) is 4.72 Å². The van der Waals surface area contributed by atoms with E-state index in [0.717, 1.165) is 6.42 Å². The summed E-state index contributed by atoms with van der Waals surface area (Å²) in [5, 5.41) is 0. The van der Waals surface area contributed by atoms with Crippen molar-refractivity contribution in [2.24, 2.45) is 0 Å². The second-order valence-corrected chi connectivity index (χ2v) is 5.08. The smallest absolute Gasteiger partial charge is 0.212 e. The van der Waals surface area contributed by atoms with Gasteiger partial charge < -0.3 is 0 Å². The van der Waals surface area contributed by atoms with E-state index in [1.807, 2.05) is 30.3 Å². The third-order valence-electron chi connectivity index (χ3n) is 2.09. The molecule has 0 amide bonds. The lowest BCUT2D eigenvalue weighted by Gasteiger charge is -2.27. The van der Waals surface area contributed by atoms with Crippen molar-refractivity contribution in [3.63, 3.8) is 0 Å². The van der Waals surface area contributed by atoms with Gasteiger partial charge in [-0.05, 0) is 12.0 Å². The van der Waals surface area contributed by atoms with Crippen LogP contribution in [-0.2, 0) is 16.4 Å². The average molecular weight is 197 g/mol. The van der Waals surface area contributed by atoms with Gasteiger partial charge in [0.25, 0.3) is 0 Å². The zero-order valence-corrected chi connectivity index (χ0v) is 7.92. The Labute approximate surface area is 77.8 Å². The van der Waals surface area contributed by atoms with Crippen LogP contribution in [0.1, 0.15) is 5.56 Å². The highest BCUT2D eigenvalue weighted by Gasteiger charge is 2.31. The van der Waals surface area contributed by atoms with Crippen molar-refractivity contribution in [1.82, 2.24) is 4.72 Å². The fourth-order valence-corrected chi connectivity index (χ4v) is 2.70. The Morgan fingerprint density at radius 1 is 1.31 bits per heavy atom. The van der Waals surface area contributed by atoms with Crippen molar-refractivity contribution < 1.29 is 8.42 Å². The van der Waals surface area contributed by atoms with Crippen LogP contribution >= 0.6 is 0 Å². The molecule has 1 aromatic carbocycles. The Morgan fingerprint density at radius 3 is 2.46 bits per heavy atom. The Morgan fingerprint density at radius 2 is 1.92 bits per heavy atom. The summed E-state index contributed by atoms with van der Waals surface area (Å²) < 4.78 is 24.1. The maximum atomic E-state index is 10.8. The van der Waals surface area contributed by atoms with Crippen LogP contribution in [0.5, 0.6) is 0 Å². The van der Waals surface area contributed by atoms with E-state index >= 15 is 0 Å². The molecule has 1 heterocycles. The van der Waals surface area contributed by atoms with Crippen LogP contribution in [0.4, 0.5) is 0 Å². The maximum absolute atomic E-state index is 10.8. The number of hydrogen-bond donors (Lipinski definition) is 1. The molecule has 1 aliphatic heterocycles. The second kappa shape index (κ2) is 3.12. The predicted molar refractivity (Wildman–Crippen MR) is 50.9 cm³/mol. The van der Waals surface area contributed by atoms with Crippen LogP contribution in [0.2, 0.25) is 0 Å². The maximum Gasteiger partial charge on any atom is 0.213 e. The van der Waals surface area contributed by atoms with Crippen LogP contribution in [0.3, 0.4) is 0 Å². The second-order valence-electron chi connectivity index (χ2n) is 3.29. The summed E-state index contributed by atoms with van der Waals surface area (Å²) in [6, 6.07) is 9.99. The largest absolute Gasteiger partial charge is 0.213 e. The number of benzene rings is 1. The molecule has 13 heavy (non-hydrogen) atoms. The molecular formula is C9H11NO2S. The zero-order chi connectivity index (χ0) is 9.31. The Hall–Kier alpha value is -0.870. The lowest BCUT2D eigenvalue weighted by molar-refractivity contribution is 0.513. The molecule has 0 saturated carbocycles. The minimum absolute atomic E-state index is 0.104. The summed E-state index contributed by atoms with van der Waals surface area (Å²) in [7, 11) is -2.90. The van der Waals surface area contributed by atoms with Crippen LogP contribution in [0, 0.1) is 0 Å². The first-order valence-electron chi connectivity index (χ1n) is 4.20. The van der Waals surface area contributed by atoms with E-state index in [1.54, 1.807) is 0 Å². The molecule has 4 heteroatoms. The van der Waals surface area contributed by atoms with Gasteiger partial charge in [-0.1, -0.05) is 30.3 Å². The third kappa shape index (κ3) is 2.08. The van der Waals surface area contributed by atoms with Crippen molar-refractivity contribution in [2.75, 3.05) is 5.75 Å². The van der Waals surface area contributed by atoms with E-state index in [1.165, 1.54) is 5.56 Å². The molecular weight excluding hydrogens is 186 g/mol. The van der Waals surface area contributed by atoms with E-state index in [-0.39, 0.29) is 11.8 Å². The van der Waals surface area contributed by atoms with Gasteiger partial charge in [0.1, 0.15) is 0 Å². The molecule has 0 unspecified atom stereocenters. The van der Waals surface area contributed by atoms with Crippen molar-refractivity contribution in [3.05, 3.63) is 35.9 Å². The lowest BCUT2D eigenvalue weighted by atomic mass is 10.1. The lowest BCUT2D eigenvalue weighted by Crippen LogP contribution is -2.54. The van der Waals surface area contributed by atoms with Crippen molar-refractivity contribution in [3.8, 4) is 0 Å². The van der Waals surface area contributed by atoms with E-state index in [9.17, 15) is 8.42 Å². The first-order chi connectivity index (χ1) is 6.16. The number of rotatable bonds is 2. The summed E-state index contributed by atoms with van der Waals surface area (Å²) in [5.74, 6) is 0.266. The van der Waals surface area contributed by atoms with Gasteiger partial charge in [0.2, 0.25) is 10.0 Å². The van der Waals surface area contributed by atoms with Crippen molar-refractivity contribution in [1.29, 1.82) is 0 Å². The van der Waals surface area contributed by atoms with Crippen LogP contribution in [0.25, 0.3) is 0 Å². The molecule has 0 aliphatic carbocycles. The molecule has 70 valence electrons. The highest BCUT2D eigenvalue weighted by Crippen LogP contribution is 2.11. The molecule has 0 aromatic heterocycles. The van der Waals surface area contributed by atoms with E-state index < -0.39 is 10.0 Å². The Balaban J connectivity index is 1.95. The predicted octanol–water partition coefficient (Wildman–Crippen LogP) is 0.531. The molecule has 1 fully saturated rings. The van der Waals surface area contributed by atoms with Gasteiger partial charge in [-0.15, -0.1) is 0 Å². The number of hydrogen-bond acceptors (Lipinski definition) is 2. The minimum Gasteiger partial charge on any atom is -0.212 e. The average Bonchev–Trinajstić information content (AvgIpc) is 2.03. The Bertz CT molecular complexity index is 373. The summed E-state index contributed by atoms with van der Waals surface area (Å²) in [6.07, 6.45) is 0.792. The molecule has 1 aromatic rings. The highest BCUT2D eigenvalue weighted by atomic mass is 32.2. The SMILES string of the molecule is O=S1(=O)C[C@H](Cc2ccccc2)N1. The van der Waals surface area contributed by atoms with Crippen molar-refractivity contribution >= 4 is 10.0 Å². The fraction of sp³-hybridized carbons (Fsp3) is 0.333. The first-order valence-corrected chi connectivity index (χ1v) is 5.85. The summed E-state index contributed by atoms with van der Waals surface area (Å²) in [4.78, 5) is 0. The van der Waals surface area contributed by atoms with Gasteiger partial charge in [0, 0.05) is 6.04 Å². The quantitative estimate of drug-likeness (QED) is 0.751.